The van der Waals surface area contributed by atoms with Gasteiger partial charge in [0, 0.05) is 17.8 Å². The molecular formula is C19H19N3O. The summed E-state index contributed by atoms with van der Waals surface area (Å²) in [5.74, 6) is 0.630. The molecule has 0 atom stereocenters. The summed E-state index contributed by atoms with van der Waals surface area (Å²) in [5, 5.41) is 5.67. The number of nitrogens with one attached hydrogen (secondary N) is 1. The third kappa shape index (κ3) is 2.66. The van der Waals surface area contributed by atoms with E-state index in [1.54, 1.807) is 16.8 Å². The monoisotopic (exact) mass is 305 g/mol. The van der Waals surface area contributed by atoms with E-state index in [0.717, 1.165) is 24.2 Å². The molecule has 1 aliphatic heterocycles. The van der Waals surface area contributed by atoms with E-state index in [0.29, 0.717) is 5.92 Å². The van der Waals surface area contributed by atoms with Gasteiger partial charge < -0.3 is 5.32 Å². The third-order valence-electron chi connectivity index (χ3n) is 4.66. The van der Waals surface area contributed by atoms with Crippen LogP contribution in [-0.4, -0.2) is 22.6 Å². The van der Waals surface area contributed by atoms with Crippen LogP contribution in [0.4, 0.5) is 0 Å². The summed E-state index contributed by atoms with van der Waals surface area (Å²) >= 11 is 0. The van der Waals surface area contributed by atoms with Crippen molar-refractivity contribution in [2.45, 2.75) is 18.8 Å². The molecule has 2 heterocycles. The minimum absolute atomic E-state index is 0.248. The summed E-state index contributed by atoms with van der Waals surface area (Å²) in [5.41, 5.74) is 2.04. The molecule has 0 spiro atoms. The molecule has 4 heteroatoms. The number of nitrogens with zero attached hydrogens (tertiary/aromatic N) is 2. The highest BCUT2D eigenvalue weighted by atomic mass is 16.1. The summed E-state index contributed by atoms with van der Waals surface area (Å²) in [7, 11) is 0. The fourth-order valence-electron chi connectivity index (χ4n) is 3.44. The molecule has 0 saturated carbocycles. The predicted octanol–water partition coefficient (Wildman–Crippen LogP) is 2.85. The van der Waals surface area contributed by atoms with Gasteiger partial charge in [-0.3, -0.25) is 4.57 Å². The zero-order valence-corrected chi connectivity index (χ0v) is 12.9. The Kier molecular flexibility index (Phi) is 3.67. The standard InChI is InChI=1S/C19H19N3O/c23-19-21-9-2-12-22(19)18-4-1-3-16-13-15(5-6-17(16)18)14-7-10-20-11-8-14/h1-6,9,12-14,20H,7-8,10-11H2. The molecule has 116 valence electrons. The first-order chi connectivity index (χ1) is 11.3. The van der Waals surface area contributed by atoms with Crippen molar-refractivity contribution in [1.82, 2.24) is 14.9 Å². The van der Waals surface area contributed by atoms with Gasteiger partial charge in [-0.15, -0.1) is 0 Å². The average molecular weight is 305 g/mol. The molecule has 0 bridgehead atoms. The van der Waals surface area contributed by atoms with Gasteiger partial charge in [0.05, 0.1) is 5.69 Å². The molecule has 1 aliphatic rings. The quantitative estimate of drug-likeness (QED) is 0.792. The van der Waals surface area contributed by atoms with E-state index in [9.17, 15) is 4.79 Å². The Morgan fingerprint density at radius 3 is 2.78 bits per heavy atom. The van der Waals surface area contributed by atoms with E-state index in [2.05, 4.69) is 34.6 Å². The van der Waals surface area contributed by atoms with Gasteiger partial charge in [0.2, 0.25) is 0 Å². The smallest absolute Gasteiger partial charge is 0.317 e. The normalized spacial score (nSPS) is 15.8. The van der Waals surface area contributed by atoms with Gasteiger partial charge in [0.15, 0.2) is 0 Å². The molecule has 4 rings (SSSR count). The van der Waals surface area contributed by atoms with Crippen LogP contribution < -0.4 is 11.0 Å². The first kappa shape index (κ1) is 14.2. The van der Waals surface area contributed by atoms with E-state index >= 15 is 0 Å². The maximum absolute atomic E-state index is 12.0. The average Bonchev–Trinajstić information content (AvgIpc) is 2.62. The van der Waals surface area contributed by atoms with Crippen molar-refractivity contribution < 1.29 is 0 Å². The van der Waals surface area contributed by atoms with Gasteiger partial charge in [-0.1, -0.05) is 30.3 Å². The Bertz CT molecular complexity index is 894. The van der Waals surface area contributed by atoms with Crippen molar-refractivity contribution in [3.05, 3.63) is 70.9 Å². The number of rotatable bonds is 2. The van der Waals surface area contributed by atoms with Crippen molar-refractivity contribution in [1.29, 1.82) is 0 Å². The van der Waals surface area contributed by atoms with Gasteiger partial charge in [-0.2, -0.15) is 0 Å². The summed E-state index contributed by atoms with van der Waals surface area (Å²) < 4.78 is 1.60. The van der Waals surface area contributed by atoms with E-state index in [1.165, 1.54) is 30.0 Å². The Hall–Kier alpha value is -2.46. The molecule has 1 N–H and O–H groups in total. The summed E-state index contributed by atoms with van der Waals surface area (Å²) in [4.78, 5) is 15.9. The molecule has 1 fully saturated rings. The van der Waals surface area contributed by atoms with E-state index in [-0.39, 0.29) is 5.69 Å². The second-order valence-electron chi connectivity index (χ2n) is 6.05. The largest absolute Gasteiger partial charge is 0.352 e. The highest BCUT2D eigenvalue weighted by molar-refractivity contribution is 5.90. The second kappa shape index (κ2) is 5.97. The minimum atomic E-state index is -0.248. The Balaban J connectivity index is 1.82. The van der Waals surface area contributed by atoms with Crippen LogP contribution in [0.15, 0.2) is 59.7 Å². The molecular weight excluding hydrogens is 286 g/mol. The maximum Gasteiger partial charge on any atom is 0.352 e. The Labute approximate surface area is 134 Å². The Morgan fingerprint density at radius 1 is 1.09 bits per heavy atom. The van der Waals surface area contributed by atoms with Crippen molar-refractivity contribution >= 4 is 10.8 Å². The molecule has 4 nitrogen and oxygen atoms in total. The highest BCUT2D eigenvalue weighted by Gasteiger charge is 2.15. The number of hydrogen-bond acceptors (Lipinski definition) is 3. The number of piperidine rings is 1. The van der Waals surface area contributed by atoms with E-state index in [1.807, 2.05) is 12.1 Å². The molecule has 0 amide bonds. The van der Waals surface area contributed by atoms with Crippen LogP contribution in [-0.2, 0) is 0 Å². The molecule has 23 heavy (non-hydrogen) atoms. The number of hydrogen-bond donors (Lipinski definition) is 1. The first-order valence-electron chi connectivity index (χ1n) is 8.10. The van der Waals surface area contributed by atoms with Gasteiger partial charge >= 0.3 is 5.69 Å². The van der Waals surface area contributed by atoms with Crippen LogP contribution >= 0.6 is 0 Å². The van der Waals surface area contributed by atoms with Crippen molar-refractivity contribution in [2.75, 3.05) is 13.1 Å². The molecule has 0 aliphatic carbocycles. The van der Waals surface area contributed by atoms with Crippen LogP contribution in [0, 0.1) is 0 Å². The summed E-state index contributed by atoms with van der Waals surface area (Å²) in [6.07, 6.45) is 5.67. The van der Waals surface area contributed by atoms with Crippen LogP contribution in [0.1, 0.15) is 24.3 Å². The molecule has 0 unspecified atom stereocenters. The molecule has 2 aromatic carbocycles. The van der Waals surface area contributed by atoms with Gasteiger partial charge in [0.1, 0.15) is 0 Å². The van der Waals surface area contributed by atoms with Gasteiger partial charge in [-0.25, -0.2) is 9.78 Å². The van der Waals surface area contributed by atoms with Crippen molar-refractivity contribution in [3.63, 3.8) is 0 Å². The lowest BCUT2D eigenvalue weighted by Gasteiger charge is -2.23. The lowest BCUT2D eigenvalue weighted by molar-refractivity contribution is 0.460. The van der Waals surface area contributed by atoms with Crippen LogP contribution in [0.25, 0.3) is 16.5 Å². The highest BCUT2D eigenvalue weighted by Crippen LogP contribution is 2.29. The first-order valence-corrected chi connectivity index (χ1v) is 8.10. The van der Waals surface area contributed by atoms with Crippen molar-refractivity contribution in [2.24, 2.45) is 0 Å². The lowest BCUT2D eigenvalue weighted by atomic mass is 9.89. The minimum Gasteiger partial charge on any atom is -0.317 e. The molecule has 1 saturated heterocycles. The van der Waals surface area contributed by atoms with Crippen LogP contribution in [0.2, 0.25) is 0 Å². The Morgan fingerprint density at radius 2 is 1.96 bits per heavy atom. The van der Waals surface area contributed by atoms with Gasteiger partial charge in [0.25, 0.3) is 0 Å². The fourth-order valence-corrected chi connectivity index (χ4v) is 3.44. The molecule has 1 aromatic heterocycles. The number of fused-ring (bicyclic) bond motifs is 1. The SMILES string of the molecule is O=c1ncccn1-c1cccc2cc(C3CCNCC3)ccc12. The number of aromatic nitrogens is 2. The molecule has 0 radical (unpaired) electrons. The van der Waals surface area contributed by atoms with Crippen molar-refractivity contribution in [3.8, 4) is 5.69 Å². The van der Waals surface area contributed by atoms with Gasteiger partial charge in [-0.05, 0) is 54.9 Å². The fraction of sp³-hybridized carbons (Fsp3) is 0.263. The van der Waals surface area contributed by atoms with E-state index < -0.39 is 0 Å². The zero-order chi connectivity index (χ0) is 15.6. The predicted molar refractivity (Wildman–Crippen MR) is 92.2 cm³/mol. The maximum atomic E-state index is 12.0. The summed E-state index contributed by atoms with van der Waals surface area (Å²) in [6.45, 7) is 2.18. The van der Waals surface area contributed by atoms with Crippen LogP contribution in [0.5, 0.6) is 0 Å². The third-order valence-corrected chi connectivity index (χ3v) is 4.66. The molecule has 3 aromatic rings. The topological polar surface area (TPSA) is 46.9 Å². The number of benzene rings is 2. The van der Waals surface area contributed by atoms with Crippen LogP contribution in [0.3, 0.4) is 0 Å². The second-order valence-corrected chi connectivity index (χ2v) is 6.05. The zero-order valence-electron chi connectivity index (χ0n) is 12.9. The van der Waals surface area contributed by atoms with E-state index in [4.69, 9.17) is 0 Å². The lowest BCUT2D eigenvalue weighted by Crippen LogP contribution is -2.26. The summed E-state index contributed by atoms with van der Waals surface area (Å²) in [6, 6.07) is 14.5.